The largest absolute Gasteiger partial charge is 0.325 e. The lowest BCUT2D eigenvalue weighted by atomic mass is 9.78. The summed E-state index contributed by atoms with van der Waals surface area (Å²) in [5.41, 5.74) is 0.228. The van der Waals surface area contributed by atoms with Crippen molar-refractivity contribution >= 4 is 5.91 Å². The molecule has 1 N–H and O–H groups in total. The summed E-state index contributed by atoms with van der Waals surface area (Å²) in [6.45, 7) is 10.1. The number of carbonyl (C=O) groups is 1. The molecule has 1 spiro atoms. The molecule has 1 unspecified atom stereocenters. The van der Waals surface area contributed by atoms with Crippen LogP contribution < -0.4 is 5.32 Å². The van der Waals surface area contributed by atoms with Gasteiger partial charge in [-0.3, -0.25) is 10.1 Å². The quantitative estimate of drug-likeness (QED) is 0.840. The van der Waals surface area contributed by atoms with Crippen LogP contribution in [0.15, 0.2) is 0 Å². The van der Waals surface area contributed by atoms with Gasteiger partial charge in [0.2, 0.25) is 5.91 Å². The average Bonchev–Trinajstić information content (AvgIpc) is 2.97. The first-order chi connectivity index (χ1) is 9.88. The molecule has 0 radical (unpaired) electrons. The fourth-order valence-corrected chi connectivity index (χ4v) is 4.78. The summed E-state index contributed by atoms with van der Waals surface area (Å²) < 4.78 is 0. The van der Waals surface area contributed by atoms with Crippen molar-refractivity contribution in [2.45, 2.75) is 84.3 Å². The van der Waals surface area contributed by atoms with Gasteiger partial charge in [-0.25, -0.2) is 0 Å². The van der Waals surface area contributed by atoms with E-state index >= 15 is 0 Å². The summed E-state index contributed by atoms with van der Waals surface area (Å²) in [7, 11) is 0. The molecule has 2 saturated carbocycles. The predicted octanol–water partition coefficient (Wildman–Crippen LogP) is 3.54. The van der Waals surface area contributed by atoms with Crippen molar-refractivity contribution in [2.75, 3.05) is 6.54 Å². The standard InChI is InChI=1S/C18H32N2O/c1-13(2)11-17(7-5-6-8-17)12-20-15(14(3)4)19-18(9-10-18)16(20)21/h13-15,19H,5-12H2,1-4H3. The van der Waals surface area contributed by atoms with Crippen molar-refractivity contribution in [1.29, 1.82) is 0 Å². The van der Waals surface area contributed by atoms with E-state index in [0.717, 1.165) is 25.3 Å². The smallest absolute Gasteiger partial charge is 0.244 e. The van der Waals surface area contributed by atoms with Crippen molar-refractivity contribution < 1.29 is 4.79 Å². The highest BCUT2D eigenvalue weighted by molar-refractivity contribution is 5.91. The van der Waals surface area contributed by atoms with Gasteiger partial charge in [0.15, 0.2) is 0 Å². The number of hydrogen-bond acceptors (Lipinski definition) is 2. The second kappa shape index (κ2) is 5.26. The zero-order chi connectivity index (χ0) is 15.3. The Labute approximate surface area is 129 Å². The minimum Gasteiger partial charge on any atom is -0.325 e. The first-order valence-corrected chi connectivity index (χ1v) is 8.96. The first-order valence-electron chi connectivity index (χ1n) is 8.96. The summed E-state index contributed by atoms with van der Waals surface area (Å²) in [6.07, 6.45) is 8.93. The normalized spacial score (nSPS) is 30.1. The summed E-state index contributed by atoms with van der Waals surface area (Å²) in [4.78, 5) is 15.1. The molecule has 3 heteroatoms. The Hall–Kier alpha value is -0.570. The highest BCUT2D eigenvalue weighted by atomic mass is 16.2. The van der Waals surface area contributed by atoms with Crippen LogP contribution in [-0.2, 0) is 4.79 Å². The van der Waals surface area contributed by atoms with E-state index in [1.165, 1.54) is 32.1 Å². The van der Waals surface area contributed by atoms with Crippen LogP contribution in [-0.4, -0.2) is 29.1 Å². The van der Waals surface area contributed by atoms with Gasteiger partial charge in [0.25, 0.3) is 0 Å². The zero-order valence-electron chi connectivity index (χ0n) is 14.2. The van der Waals surface area contributed by atoms with Gasteiger partial charge < -0.3 is 4.90 Å². The van der Waals surface area contributed by atoms with Gasteiger partial charge in [-0.2, -0.15) is 0 Å². The van der Waals surface area contributed by atoms with Crippen molar-refractivity contribution in [3.63, 3.8) is 0 Å². The van der Waals surface area contributed by atoms with Crippen LogP contribution in [0.5, 0.6) is 0 Å². The predicted molar refractivity (Wildman–Crippen MR) is 85.8 cm³/mol. The molecule has 3 aliphatic rings. The Bertz CT molecular complexity index is 405. The minimum absolute atomic E-state index is 0.160. The lowest BCUT2D eigenvalue weighted by Gasteiger charge is -2.38. The van der Waals surface area contributed by atoms with E-state index in [-0.39, 0.29) is 11.7 Å². The maximum Gasteiger partial charge on any atom is 0.244 e. The highest BCUT2D eigenvalue weighted by Crippen LogP contribution is 2.48. The SMILES string of the molecule is CC(C)CC1(CN2C(=O)C3(CC3)NC2C(C)C)CCCC1. The molecule has 0 aromatic carbocycles. The van der Waals surface area contributed by atoms with Crippen LogP contribution >= 0.6 is 0 Å². The minimum atomic E-state index is -0.160. The average molecular weight is 292 g/mol. The molecule has 3 rings (SSSR count). The van der Waals surface area contributed by atoms with Crippen LogP contribution in [0.2, 0.25) is 0 Å². The number of carbonyl (C=O) groups excluding carboxylic acids is 1. The number of nitrogens with one attached hydrogen (secondary N) is 1. The van der Waals surface area contributed by atoms with Crippen molar-refractivity contribution in [2.24, 2.45) is 17.3 Å². The molecule has 1 amide bonds. The third-order valence-corrected chi connectivity index (χ3v) is 5.82. The Morgan fingerprint density at radius 1 is 1.14 bits per heavy atom. The fraction of sp³-hybridized carbons (Fsp3) is 0.944. The highest BCUT2D eigenvalue weighted by Gasteiger charge is 2.60. The van der Waals surface area contributed by atoms with Crippen LogP contribution in [0, 0.1) is 17.3 Å². The van der Waals surface area contributed by atoms with Gasteiger partial charge in [-0.1, -0.05) is 40.5 Å². The lowest BCUT2D eigenvalue weighted by molar-refractivity contribution is -0.133. The summed E-state index contributed by atoms with van der Waals surface area (Å²) in [5.74, 6) is 1.61. The number of amides is 1. The van der Waals surface area contributed by atoms with Crippen LogP contribution in [0.3, 0.4) is 0 Å². The third-order valence-electron chi connectivity index (χ3n) is 5.82. The molecule has 2 aliphatic carbocycles. The van der Waals surface area contributed by atoms with Crippen LogP contribution in [0.25, 0.3) is 0 Å². The molecule has 1 heterocycles. The van der Waals surface area contributed by atoms with E-state index in [1.807, 2.05) is 0 Å². The van der Waals surface area contributed by atoms with E-state index in [0.29, 0.717) is 17.2 Å². The number of hydrogen-bond donors (Lipinski definition) is 1. The third kappa shape index (κ3) is 2.74. The molecule has 21 heavy (non-hydrogen) atoms. The second-order valence-electron chi connectivity index (χ2n) is 8.65. The molecule has 0 aromatic rings. The van der Waals surface area contributed by atoms with Crippen molar-refractivity contribution in [1.82, 2.24) is 10.2 Å². The monoisotopic (exact) mass is 292 g/mol. The van der Waals surface area contributed by atoms with E-state index in [1.54, 1.807) is 0 Å². The Morgan fingerprint density at radius 3 is 2.24 bits per heavy atom. The van der Waals surface area contributed by atoms with Gasteiger partial charge >= 0.3 is 0 Å². The van der Waals surface area contributed by atoms with Crippen molar-refractivity contribution in [3.8, 4) is 0 Å². The van der Waals surface area contributed by atoms with Crippen LogP contribution in [0.1, 0.15) is 72.6 Å². The molecular weight excluding hydrogens is 260 g/mol. The Morgan fingerprint density at radius 2 is 1.76 bits per heavy atom. The molecule has 3 fully saturated rings. The molecule has 3 nitrogen and oxygen atoms in total. The summed E-state index contributed by atoms with van der Waals surface area (Å²) >= 11 is 0. The number of rotatable bonds is 5. The van der Waals surface area contributed by atoms with Gasteiger partial charge in [-0.05, 0) is 49.4 Å². The molecule has 0 aromatic heterocycles. The maximum atomic E-state index is 12.9. The lowest BCUT2D eigenvalue weighted by Crippen LogP contribution is -2.46. The molecular formula is C18H32N2O. The van der Waals surface area contributed by atoms with Gasteiger partial charge in [0.1, 0.15) is 0 Å². The van der Waals surface area contributed by atoms with E-state index in [4.69, 9.17) is 0 Å². The van der Waals surface area contributed by atoms with E-state index in [2.05, 4.69) is 37.9 Å². The molecule has 0 bridgehead atoms. The Balaban J connectivity index is 1.78. The van der Waals surface area contributed by atoms with Gasteiger partial charge in [-0.15, -0.1) is 0 Å². The van der Waals surface area contributed by atoms with E-state index in [9.17, 15) is 4.79 Å². The molecule has 1 atom stereocenters. The summed E-state index contributed by atoms with van der Waals surface area (Å²) in [6, 6.07) is 0. The topological polar surface area (TPSA) is 32.3 Å². The van der Waals surface area contributed by atoms with Gasteiger partial charge in [0.05, 0.1) is 11.7 Å². The zero-order valence-corrected chi connectivity index (χ0v) is 14.2. The first kappa shape index (κ1) is 15.3. The fourth-order valence-electron chi connectivity index (χ4n) is 4.78. The number of nitrogens with zero attached hydrogens (tertiary/aromatic N) is 1. The molecule has 120 valence electrons. The van der Waals surface area contributed by atoms with Crippen LogP contribution in [0.4, 0.5) is 0 Å². The second-order valence-corrected chi connectivity index (χ2v) is 8.65. The van der Waals surface area contributed by atoms with E-state index < -0.39 is 0 Å². The van der Waals surface area contributed by atoms with Gasteiger partial charge in [0, 0.05) is 6.54 Å². The summed E-state index contributed by atoms with van der Waals surface area (Å²) in [5, 5.41) is 3.66. The molecule has 1 saturated heterocycles. The molecule has 1 aliphatic heterocycles. The maximum absolute atomic E-state index is 12.9. The Kier molecular flexibility index (Phi) is 3.84. The van der Waals surface area contributed by atoms with Crippen molar-refractivity contribution in [3.05, 3.63) is 0 Å².